The van der Waals surface area contributed by atoms with Crippen LogP contribution in [0.25, 0.3) is 11.4 Å². The Kier molecular flexibility index (Phi) is 5.51. The molecule has 0 spiro atoms. The molecule has 4 N–H and O–H groups in total. The van der Waals surface area contributed by atoms with Crippen LogP contribution in [0.2, 0.25) is 0 Å². The molecule has 29 heavy (non-hydrogen) atoms. The molecule has 2 heterocycles. The molecule has 1 unspecified atom stereocenters. The quantitative estimate of drug-likeness (QED) is 0.396. The third-order valence-electron chi connectivity index (χ3n) is 4.92. The van der Waals surface area contributed by atoms with Crippen LogP contribution in [0.5, 0.6) is 0 Å². The predicted octanol–water partition coefficient (Wildman–Crippen LogP) is 2.26. The summed E-state index contributed by atoms with van der Waals surface area (Å²) in [6, 6.07) is 16.0. The van der Waals surface area contributed by atoms with Crippen molar-refractivity contribution < 1.29 is 4.79 Å². The molecule has 1 aliphatic rings. The van der Waals surface area contributed by atoms with E-state index in [4.69, 9.17) is 0 Å². The first-order valence-electron chi connectivity index (χ1n) is 9.51. The number of carbonyl (C=O) groups is 1. The maximum absolute atomic E-state index is 12.0. The summed E-state index contributed by atoms with van der Waals surface area (Å²) >= 11 is 0. The van der Waals surface area contributed by atoms with E-state index >= 15 is 0 Å². The van der Waals surface area contributed by atoms with Crippen molar-refractivity contribution in [2.75, 3.05) is 18.9 Å². The Morgan fingerprint density at radius 1 is 1.21 bits per heavy atom. The predicted molar refractivity (Wildman–Crippen MR) is 112 cm³/mol. The molecule has 0 saturated carbocycles. The number of H-pyrrole nitrogens is 1. The van der Waals surface area contributed by atoms with Crippen molar-refractivity contribution in [2.45, 2.75) is 18.9 Å². The second-order valence-corrected chi connectivity index (χ2v) is 6.88. The molecule has 1 atom stereocenters. The van der Waals surface area contributed by atoms with Crippen molar-refractivity contribution in [3.05, 3.63) is 66.0 Å². The molecule has 1 aromatic heterocycles. The number of para-hydroxylation sites is 1. The number of nitrogens with zero attached hydrogens (tertiary/aromatic N) is 3. The summed E-state index contributed by atoms with van der Waals surface area (Å²) < 4.78 is 0. The number of nitrogens with one attached hydrogen (secondary N) is 4. The van der Waals surface area contributed by atoms with Crippen LogP contribution >= 0.6 is 0 Å². The maximum atomic E-state index is 12.0. The van der Waals surface area contributed by atoms with E-state index in [-0.39, 0.29) is 11.8 Å². The molecule has 0 bridgehead atoms. The number of aromatic nitrogens is 3. The van der Waals surface area contributed by atoms with E-state index in [2.05, 4.69) is 48.3 Å². The number of hydrogen-bond acceptors (Lipinski definition) is 4. The summed E-state index contributed by atoms with van der Waals surface area (Å²) in [7, 11) is 1.74. The van der Waals surface area contributed by atoms with Gasteiger partial charge in [-0.15, -0.1) is 0 Å². The van der Waals surface area contributed by atoms with Crippen LogP contribution in [0.1, 0.15) is 23.5 Å². The van der Waals surface area contributed by atoms with Crippen molar-refractivity contribution in [2.24, 2.45) is 4.99 Å². The van der Waals surface area contributed by atoms with Gasteiger partial charge in [0.15, 0.2) is 11.8 Å². The lowest BCUT2D eigenvalue weighted by molar-refractivity contribution is -0.116. The number of hydrogen-bond donors (Lipinski definition) is 4. The van der Waals surface area contributed by atoms with Crippen LogP contribution in [0.4, 0.5) is 5.69 Å². The monoisotopic (exact) mass is 389 g/mol. The fraction of sp³-hybridized carbons (Fsp3) is 0.238. The van der Waals surface area contributed by atoms with Crippen molar-refractivity contribution in [3.63, 3.8) is 0 Å². The van der Waals surface area contributed by atoms with E-state index in [1.165, 1.54) is 6.33 Å². The molecule has 1 amide bonds. The summed E-state index contributed by atoms with van der Waals surface area (Å²) in [5.74, 6) is 1.58. The van der Waals surface area contributed by atoms with Gasteiger partial charge in [0, 0.05) is 43.7 Å². The summed E-state index contributed by atoms with van der Waals surface area (Å²) in [4.78, 5) is 20.5. The van der Waals surface area contributed by atoms with Gasteiger partial charge in [-0.05, 0) is 23.3 Å². The molecule has 0 radical (unpaired) electrons. The normalized spacial score (nSPS) is 16.1. The number of benzene rings is 2. The highest BCUT2D eigenvalue weighted by Crippen LogP contribution is 2.31. The number of carbonyl (C=O) groups excluding carboxylic acids is 1. The van der Waals surface area contributed by atoms with Crippen LogP contribution in [-0.2, 0) is 11.3 Å². The summed E-state index contributed by atoms with van der Waals surface area (Å²) in [5.41, 5.74) is 4.12. The number of aromatic amines is 1. The second kappa shape index (κ2) is 8.55. The van der Waals surface area contributed by atoms with Gasteiger partial charge in [0.25, 0.3) is 0 Å². The number of amides is 1. The van der Waals surface area contributed by atoms with Gasteiger partial charge in [-0.25, -0.2) is 4.98 Å². The molecule has 0 aliphatic carbocycles. The molecule has 0 fully saturated rings. The standard InChI is InChI=1S/C21H23N7O/c1-22-21(23-11-14-5-4-6-15(9-14)20-25-13-26-28-20)24-12-16-10-19(29)27-18-8-3-2-7-17(16)18/h2-9,13,16H,10-12H2,1H3,(H,27,29)(H2,22,23,24)(H,25,26,28). The largest absolute Gasteiger partial charge is 0.356 e. The smallest absolute Gasteiger partial charge is 0.225 e. The molecule has 148 valence electrons. The molecule has 0 saturated heterocycles. The number of rotatable bonds is 5. The fourth-order valence-electron chi connectivity index (χ4n) is 3.48. The molecule has 8 heteroatoms. The zero-order chi connectivity index (χ0) is 20.1. The summed E-state index contributed by atoms with van der Waals surface area (Å²) in [6.45, 7) is 1.24. The minimum Gasteiger partial charge on any atom is -0.356 e. The van der Waals surface area contributed by atoms with E-state index in [9.17, 15) is 4.79 Å². The van der Waals surface area contributed by atoms with Crippen LogP contribution < -0.4 is 16.0 Å². The van der Waals surface area contributed by atoms with E-state index in [0.29, 0.717) is 25.5 Å². The molecular weight excluding hydrogens is 366 g/mol. The fourth-order valence-corrected chi connectivity index (χ4v) is 3.48. The van der Waals surface area contributed by atoms with Crippen molar-refractivity contribution in [3.8, 4) is 11.4 Å². The minimum absolute atomic E-state index is 0.0441. The van der Waals surface area contributed by atoms with E-state index < -0.39 is 0 Å². The number of fused-ring (bicyclic) bond motifs is 1. The Hall–Kier alpha value is -3.68. The third kappa shape index (κ3) is 4.43. The van der Waals surface area contributed by atoms with Gasteiger partial charge >= 0.3 is 0 Å². The molecule has 3 aromatic rings. The second-order valence-electron chi connectivity index (χ2n) is 6.88. The van der Waals surface area contributed by atoms with Gasteiger partial charge in [0.1, 0.15) is 6.33 Å². The van der Waals surface area contributed by atoms with Gasteiger partial charge in [0.2, 0.25) is 5.91 Å². The highest BCUT2D eigenvalue weighted by atomic mass is 16.1. The first-order chi connectivity index (χ1) is 14.2. The molecule has 2 aromatic carbocycles. The Bertz CT molecular complexity index is 1010. The van der Waals surface area contributed by atoms with Crippen molar-refractivity contribution in [1.29, 1.82) is 0 Å². The van der Waals surface area contributed by atoms with E-state index in [1.54, 1.807) is 7.05 Å². The molecular formula is C21H23N7O. The number of aliphatic imine (C=N–C) groups is 1. The van der Waals surface area contributed by atoms with Crippen LogP contribution in [0.3, 0.4) is 0 Å². The lowest BCUT2D eigenvalue weighted by atomic mass is 9.90. The van der Waals surface area contributed by atoms with Crippen molar-refractivity contribution >= 4 is 17.6 Å². The maximum Gasteiger partial charge on any atom is 0.225 e. The van der Waals surface area contributed by atoms with Crippen LogP contribution in [0.15, 0.2) is 59.9 Å². The Morgan fingerprint density at radius 3 is 2.93 bits per heavy atom. The van der Waals surface area contributed by atoms with E-state index in [1.807, 2.05) is 36.4 Å². The zero-order valence-corrected chi connectivity index (χ0v) is 16.1. The zero-order valence-electron chi connectivity index (χ0n) is 16.1. The number of guanidine groups is 1. The minimum atomic E-state index is 0.0441. The lowest BCUT2D eigenvalue weighted by Gasteiger charge is -2.26. The lowest BCUT2D eigenvalue weighted by Crippen LogP contribution is -2.40. The average molecular weight is 389 g/mol. The summed E-state index contributed by atoms with van der Waals surface area (Å²) in [5, 5.41) is 16.4. The molecule has 1 aliphatic heterocycles. The SMILES string of the molecule is CN=C(NCc1cccc(-c2ncn[nH]2)c1)NCC1CC(=O)Nc2ccccc21. The van der Waals surface area contributed by atoms with Gasteiger partial charge in [-0.2, -0.15) is 5.10 Å². The topological polar surface area (TPSA) is 107 Å². The highest BCUT2D eigenvalue weighted by molar-refractivity contribution is 5.94. The highest BCUT2D eigenvalue weighted by Gasteiger charge is 2.24. The van der Waals surface area contributed by atoms with Crippen molar-refractivity contribution in [1.82, 2.24) is 25.8 Å². The summed E-state index contributed by atoms with van der Waals surface area (Å²) in [6.07, 6.45) is 1.95. The number of anilines is 1. The average Bonchev–Trinajstić information content (AvgIpc) is 3.29. The third-order valence-corrected chi connectivity index (χ3v) is 4.92. The van der Waals surface area contributed by atoms with Gasteiger partial charge in [-0.1, -0.05) is 36.4 Å². The van der Waals surface area contributed by atoms with Crippen LogP contribution in [0, 0.1) is 0 Å². The Morgan fingerprint density at radius 2 is 2.10 bits per heavy atom. The Balaban J connectivity index is 1.36. The van der Waals surface area contributed by atoms with Crippen LogP contribution in [-0.4, -0.2) is 40.6 Å². The van der Waals surface area contributed by atoms with E-state index in [0.717, 1.165) is 28.2 Å². The Labute approximate surface area is 168 Å². The van der Waals surface area contributed by atoms with Gasteiger partial charge in [0.05, 0.1) is 0 Å². The first-order valence-corrected chi connectivity index (χ1v) is 9.51. The first kappa shape index (κ1) is 18.7. The van der Waals surface area contributed by atoms with Gasteiger partial charge < -0.3 is 16.0 Å². The molecule has 4 rings (SSSR count). The molecule has 8 nitrogen and oxygen atoms in total. The van der Waals surface area contributed by atoms with Gasteiger partial charge in [-0.3, -0.25) is 14.9 Å².